The summed E-state index contributed by atoms with van der Waals surface area (Å²) in [6.45, 7) is 1.27. The van der Waals surface area contributed by atoms with Gasteiger partial charge in [-0.05, 0) is 30.7 Å². The zero-order valence-corrected chi connectivity index (χ0v) is 13.6. The Hall–Kier alpha value is -2.38. The van der Waals surface area contributed by atoms with Crippen molar-refractivity contribution >= 4 is 17.8 Å². The molecule has 4 rings (SSSR count). The van der Waals surface area contributed by atoms with Gasteiger partial charge in [0.1, 0.15) is 6.04 Å². The molecule has 2 saturated heterocycles. The van der Waals surface area contributed by atoms with Gasteiger partial charge >= 0.3 is 6.03 Å². The van der Waals surface area contributed by atoms with Gasteiger partial charge in [-0.2, -0.15) is 5.10 Å². The Morgan fingerprint density at radius 1 is 1.38 bits per heavy atom. The maximum Gasteiger partial charge on any atom is 0.322 e. The Bertz CT molecular complexity index is 700. The number of likely N-dealkylation sites (tertiary alicyclic amines) is 1. The first-order chi connectivity index (χ1) is 11.5. The fourth-order valence-electron chi connectivity index (χ4n) is 3.95. The molecule has 1 saturated carbocycles. The maximum atomic E-state index is 12.8. The fraction of sp³-hybridized carbons (Fsp3) is 0.625. The van der Waals surface area contributed by atoms with Crippen LogP contribution in [0.3, 0.4) is 0 Å². The predicted octanol–water partition coefficient (Wildman–Crippen LogP) is -0.0298. The summed E-state index contributed by atoms with van der Waals surface area (Å²) < 4.78 is 1.76. The van der Waals surface area contributed by atoms with Gasteiger partial charge in [0.05, 0.1) is 6.20 Å². The highest BCUT2D eigenvalue weighted by Crippen LogP contribution is 2.48. The lowest BCUT2D eigenvalue weighted by atomic mass is 9.90. The van der Waals surface area contributed by atoms with Crippen LogP contribution in [0.25, 0.3) is 0 Å². The van der Waals surface area contributed by atoms with Crippen molar-refractivity contribution in [3.63, 3.8) is 0 Å². The largest absolute Gasteiger partial charge is 0.342 e. The predicted molar refractivity (Wildman–Crippen MR) is 83.8 cm³/mol. The van der Waals surface area contributed by atoms with E-state index in [-0.39, 0.29) is 29.6 Å². The van der Waals surface area contributed by atoms with Gasteiger partial charge in [-0.3, -0.25) is 19.6 Å². The van der Waals surface area contributed by atoms with Gasteiger partial charge < -0.3 is 10.2 Å². The molecule has 8 heteroatoms. The molecule has 2 N–H and O–H groups in total. The highest BCUT2D eigenvalue weighted by atomic mass is 16.2. The van der Waals surface area contributed by atoms with Gasteiger partial charge in [0.2, 0.25) is 5.91 Å². The summed E-state index contributed by atoms with van der Waals surface area (Å²) in [5.41, 5.74) is 1.12. The van der Waals surface area contributed by atoms with Crippen molar-refractivity contribution in [3.05, 3.63) is 18.0 Å². The van der Waals surface area contributed by atoms with Gasteiger partial charge in [-0.15, -0.1) is 0 Å². The fourth-order valence-corrected chi connectivity index (χ4v) is 3.95. The summed E-state index contributed by atoms with van der Waals surface area (Å²) in [7, 11) is 1.87. The molecule has 128 valence electrons. The van der Waals surface area contributed by atoms with Crippen LogP contribution in [0.5, 0.6) is 0 Å². The van der Waals surface area contributed by atoms with E-state index < -0.39 is 12.1 Å². The molecule has 4 unspecified atom stereocenters. The Labute approximate surface area is 139 Å². The third-order valence-electron chi connectivity index (χ3n) is 5.31. The molecule has 4 amide bonds. The second kappa shape index (κ2) is 5.61. The Morgan fingerprint density at radius 2 is 2.21 bits per heavy atom. The molecule has 8 nitrogen and oxygen atoms in total. The van der Waals surface area contributed by atoms with Crippen LogP contribution in [0.2, 0.25) is 0 Å². The second-order valence-corrected chi connectivity index (χ2v) is 7.02. The molecule has 0 spiro atoms. The maximum absolute atomic E-state index is 12.8. The molecule has 0 aromatic carbocycles. The molecule has 3 fully saturated rings. The summed E-state index contributed by atoms with van der Waals surface area (Å²) in [4.78, 5) is 37.8. The number of nitrogens with zero attached hydrogens (tertiary/aromatic N) is 3. The number of hydrogen-bond acceptors (Lipinski definition) is 4. The minimum atomic E-state index is -0.513. The van der Waals surface area contributed by atoms with E-state index in [9.17, 15) is 14.4 Å². The summed E-state index contributed by atoms with van der Waals surface area (Å²) in [5, 5.41) is 9.11. The molecular formula is C16H21N5O3. The number of imide groups is 1. The molecule has 2 aliphatic heterocycles. The number of amides is 4. The molecule has 0 radical (unpaired) electrons. The van der Waals surface area contributed by atoms with Gasteiger partial charge in [-0.1, -0.05) is 0 Å². The number of urea groups is 1. The van der Waals surface area contributed by atoms with E-state index in [2.05, 4.69) is 15.7 Å². The van der Waals surface area contributed by atoms with Crippen LogP contribution in [0.15, 0.2) is 12.4 Å². The first-order valence-electron chi connectivity index (χ1n) is 8.41. The van der Waals surface area contributed by atoms with Gasteiger partial charge in [0.15, 0.2) is 0 Å². The molecule has 1 aliphatic carbocycles. The van der Waals surface area contributed by atoms with Crippen LogP contribution in [0.4, 0.5) is 4.79 Å². The first kappa shape index (κ1) is 15.2. The number of aromatic nitrogens is 2. The van der Waals surface area contributed by atoms with Crippen molar-refractivity contribution in [1.29, 1.82) is 0 Å². The lowest BCUT2D eigenvalue weighted by Crippen LogP contribution is -2.48. The quantitative estimate of drug-likeness (QED) is 0.760. The topological polar surface area (TPSA) is 96.3 Å². The zero-order valence-electron chi connectivity index (χ0n) is 13.6. The van der Waals surface area contributed by atoms with Crippen LogP contribution in [-0.2, 0) is 16.6 Å². The first-order valence-corrected chi connectivity index (χ1v) is 8.41. The highest BCUT2D eigenvalue weighted by molar-refractivity contribution is 6.04. The van der Waals surface area contributed by atoms with Crippen LogP contribution in [0.1, 0.15) is 30.7 Å². The van der Waals surface area contributed by atoms with Crippen LogP contribution in [-0.4, -0.2) is 51.7 Å². The van der Waals surface area contributed by atoms with Crippen molar-refractivity contribution in [1.82, 2.24) is 25.3 Å². The van der Waals surface area contributed by atoms with Crippen molar-refractivity contribution in [3.8, 4) is 0 Å². The van der Waals surface area contributed by atoms with Crippen molar-refractivity contribution < 1.29 is 14.4 Å². The Balaban J connectivity index is 1.39. The molecule has 4 atom stereocenters. The molecule has 1 aromatic rings. The number of rotatable bonds is 3. The monoisotopic (exact) mass is 331 g/mol. The Morgan fingerprint density at radius 3 is 2.88 bits per heavy atom. The van der Waals surface area contributed by atoms with Crippen molar-refractivity contribution in [2.24, 2.45) is 18.9 Å². The molecule has 1 aromatic heterocycles. The van der Waals surface area contributed by atoms with Gasteiger partial charge in [0, 0.05) is 38.2 Å². The van der Waals surface area contributed by atoms with Crippen LogP contribution >= 0.6 is 0 Å². The van der Waals surface area contributed by atoms with Crippen molar-refractivity contribution in [2.75, 3.05) is 13.1 Å². The lowest BCUT2D eigenvalue weighted by Gasteiger charge is -2.34. The van der Waals surface area contributed by atoms with Gasteiger partial charge in [-0.25, -0.2) is 4.79 Å². The van der Waals surface area contributed by atoms with E-state index in [4.69, 9.17) is 0 Å². The molecule has 24 heavy (non-hydrogen) atoms. The third kappa shape index (κ3) is 2.65. The van der Waals surface area contributed by atoms with E-state index in [1.54, 1.807) is 4.68 Å². The zero-order chi connectivity index (χ0) is 16.8. The summed E-state index contributed by atoms with van der Waals surface area (Å²) in [6.07, 6.45) is 6.37. The number of carbonyl (C=O) groups is 3. The van der Waals surface area contributed by atoms with E-state index >= 15 is 0 Å². The van der Waals surface area contributed by atoms with E-state index in [1.807, 2.05) is 24.3 Å². The average Bonchev–Trinajstić information content (AvgIpc) is 3.13. The number of nitrogens with one attached hydrogen (secondary N) is 2. The van der Waals surface area contributed by atoms with E-state index in [0.29, 0.717) is 6.54 Å². The SMILES string of the molecule is Cn1cc(C2CC2C(=O)N2CCCC(C3NC(=O)NC3=O)C2)cn1. The standard InChI is InChI=1S/C16H21N5O3/c1-20-7-10(6-17-20)11-5-12(11)15(23)21-4-2-3-9(8-21)13-14(22)19-16(24)18-13/h6-7,9,11-13H,2-5,8H2,1H3,(H2,18,19,22,24). The van der Waals surface area contributed by atoms with E-state index in [0.717, 1.165) is 31.4 Å². The highest BCUT2D eigenvalue weighted by Gasteiger charge is 2.48. The van der Waals surface area contributed by atoms with E-state index in [1.165, 1.54) is 0 Å². The molecule has 3 aliphatic rings. The third-order valence-corrected chi connectivity index (χ3v) is 5.31. The second-order valence-electron chi connectivity index (χ2n) is 7.02. The normalized spacial score (nSPS) is 32.5. The lowest BCUT2D eigenvalue weighted by molar-refractivity contribution is -0.135. The average molecular weight is 331 g/mol. The Kier molecular flexibility index (Phi) is 3.54. The number of aryl methyl sites for hydroxylation is 1. The minimum Gasteiger partial charge on any atom is -0.342 e. The van der Waals surface area contributed by atoms with Crippen molar-refractivity contribution in [2.45, 2.75) is 31.2 Å². The molecular weight excluding hydrogens is 310 g/mol. The summed E-state index contributed by atoms with van der Waals surface area (Å²) in [5.74, 6) is 0.169. The smallest absolute Gasteiger partial charge is 0.322 e. The van der Waals surface area contributed by atoms with Gasteiger partial charge in [0.25, 0.3) is 5.91 Å². The summed E-state index contributed by atoms with van der Waals surface area (Å²) >= 11 is 0. The minimum absolute atomic E-state index is 0.00950. The number of piperidine rings is 1. The number of hydrogen-bond donors (Lipinski definition) is 2. The van der Waals surface area contributed by atoms with Crippen LogP contribution < -0.4 is 10.6 Å². The summed E-state index contributed by atoms with van der Waals surface area (Å²) in [6, 6.07) is -0.950. The number of carbonyl (C=O) groups excluding carboxylic acids is 3. The molecule has 3 heterocycles. The molecule has 0 bridgehead atoms. The van der Waals surface area contributed by atoms with Crippen LogP contribution in [0, 0.1) is 11.8 Å².